The van der Waals surface area contributed by atoms with Crippen molar-refractivity contribution in [2.75, 3.05) is 26.7 Å². The van der Waals surface area contributed by atoms with Crippen LogP contribution in [0.4, 0.5) is 0 Å². The average Bonchev–Trinajstić information content (AvgIpc) is 2.46. The Morgan fingerprint density at radius 2 is 2.00 bits per heavy atom. The minimum atomic E-state index is 0.368. The van der Waals surface area contributed by atoms with Gasteiger partial charge in [-0.25, -0.2) is 0 Å². The zero-order valence-electron chi connectivity index (χ0n) is 10.2. The Bertz CT molecular complexity index is 207. The predicted molar refractivity (Wildman–Crippen MR) is 63.9 cm³/mol. The first kappa shape index (κ1) is 11.4. The van der Waals surface area contributed by atoms with Crippen molar-refractivity contribution < 1.29 is 0 Å². The van der Waals surface area contributed by atoms with Gasteiger partial charge in [-0.3, -0.25) is 4.90 Å². The van der Waals surface area contributed by atoms with Crippen LogP contribution in [0, 0.1) is 0 Å². The number of nitrogens with two attached hydrogens (primary N) is 1. The van der Waals surface area contributed by atoms with Gasteiger partial charge in [0, 0.05) is 31.2 Å². The number of rotatable bonds is 3. The van der Waals surface area contributed by atoms with E-state index in [1.54, 1.807) is 0 Å². The van der Waals surface area contributed by atoms with Crippen LogP contribution in [0.5, 0.6) is 0 Å². The maximum atomic E-state index is 6.03. The van der Waals surface area contributed by atoms with E-state index in [-0.39, 0.29) is 0 Å². The molecule has 0 spiro atoms. The second-order valence-corrected chi connectivity index (χ2v) is 5.27. The van der Waals surface area contributed by atoms with Crippen molar-refractivity contribution in [2.24, 2.45) is 5.73 Å². The number of fused-ring (bicyclic) bond motifs is 2. The molecule has 0 aromatic heterocycles. The maximum absolute atomic E-state index is 6.03. The van der Waals surface area contributed by atoms with Crippen LogP contribution < -0.4 is 5.73 Å². The van der Waals surface area contributed by atoms with Crippen molar-refractivity contribution in [3.63, 3.8) is 0 Å². The van der Waals surface area contributed by atoms with Gasteiger partial charge in [0.05, 0.1) is 0 Å². The van der Waals surface area contributed by atoms with E-state index in [1.165, 1.54) is 32.4 Å². The third-order valence-electron chi connectivity index (χ3n) is 4.25. The van der Waals surface area contributed by atoms with Gasteiger partial charge < -0.3 is 10.6 Å². The molecular weight excluding hydrogens is 186 g/mol. The lowest BCUT2D eigenvalue weighted by molar-refractivity contribution is 0.211. The van der Waals surface area contributed by atoms with Crippen molar-refractivity contribution in [3.8, 4) is 0 Å². The van der Waals surface area contributed by atoms with E-state index < -0.39 is 0 Å². The number of hydrogen-bond acceptors (Lipinski definition) is 3. The second kappa shape index (κ2) is 4.81. The third-order valence-corrected chi connectivity index (χ3v) is 4.25. The highest BCUT2D eigenvalue weighted by Gasteiger charge is 2.34. The van der Waals surface area contributed by atoms with Crippen molar-refractivity contribution in [1.29, 1.82) is 0 Å². The van der Waals surface area contributed by atoms with E-state index in [0.717, 1.165) is 25.0 Å². The number of likely N-dealkylation sites (N-methyl/N-ethyl adjacent to an activating group) is 1. The summed E-state index contributed by atoms with van der Waals surface area (Å²) in [7, 11) is 2.30. The quantitative estimate of drug-likeness (QED) is 0.752. The van der Waals surface area contributed by atoms with E-state index in [1.807, 2.05) is 0 Å². The van der Waals surface area contributed by atoms with Gasteiger partial charge >= 0.3 is 0 Å². The van der Waals surface area contributed by atoms with Gasteiger partial charge in [0.2, 0.25) is 0 Å². The molecule has 88 valence electrons. The molecule has 0 saturated carbocycles. The molecule has 2 saturated heterocycles. The molecular formula is C12H25N3. The Morgan fingerprint density at radius 1 is 1.27 bits per heavy atom. The van der Waals surface area contributed by atoms with Crippen LogP contribution in [0.1, 0.15) is 32.6 Å². The molecule has 3 unspecified atom stereocenters. The van der Waals surface area contributed by atoms with Gasteiger partial charge in [-0.1, -0.05) is 6.92 Å². The van der Waals surface area contributed by atoms with Crippen molar-refractivity contribution in [3.05, 3.63) is 0 Å². The lowest BCUT2D eigenvalue weighted by Gasteiger charge is -2.27. The van der Waals surface area contributed by atoms with Crippen LogP contribution in [0.3, 0.4) is 0 Å². The lowest BCUT2D eigenvalue weighted by Crippen LogP contribution is -2.42. The molecule has 0 aromatic rings. The van der Waals surface area contributed by atoms with E-state index in [0.29, 0.717) is 6.04 Å². The lowest BCUT2D eigenvalue weighted by atomic mass is 10.1. The first-order valence-corrected chi connectivity index (χ1v) is 6.40. The Morgan fingerprint density at radius 3 is 2.73 bits per heavy atom. The van der Waals surface area contributed by atoms with Crippen LogP contribution >= 0.6 is 0 Å². The van der Waals surface area contributed by atoms with Gasteiger partial charge in [-0.05, 0) is 39.3 Å². The van der Waals surface area contributed by atoms with Gasteiger partial charge in [0.1, 0.15) is 0 Å². The summed E-state index contributed by atoms with van der Waals surface area (Å²) in [4.78, 5) is 5.17. The maximum Gasteiger partial charge on any atom is 0.0223 e. The largest absolute Gasteiger partial charge is 0.327 e. The fourth-order valence-corrected chi connectivity index (χ4v) is 3.01. The fraction of sp³-hybridized carbons (Fsp3) is 1.00. The molecule has 0 aliphatic carbocycles. The molecule has 3 heteroatoms. The standard InChI is InChI=1S/C12H25N3/c1-3-10(13)8-15-7-6-11-4-5-12(9-15)14(11)2/h10-12H,3-9,13H2,1-2H3. The molecule has 0 amide bonds. The third kappa shape index (κ3) is 2.52. The van der Waals surface area contributed by atoms with E-state index >= 15 is 0 Å². The number of nitrogens with zero attached hydrogens (tertiary/aromatic N) is 2. The molecule has 0 aromatic carbocycles. The number of likely N-dealkylation sites (tertiary alicyclic amines) is 1. The zero-order valence-corrected chi connectivity index (χ0v) is 10.2. The van der Waals surface area contributed by atoms with Crippen LogP contribution in [0.25, 0.3) is 0 Å². The Balaban J connectivity index is 1.89. The molecule has 15 heavy (non-hydrogen) atoms. The molecule has 0 radical (unpaired) electrons. The topological polar surface area (TPSA) is 32.5 Å². The highest BCUT2D eigenvalue weighted by atomic mass is 15.3. The first-order chi connectivity index (χ1) is 7.20. The summed E-state index contributed by atoms with van der Waals surface area (Å²) in [6.07, 6.45) is 5.23. The van der Waals surface area contributed by atoms with Crippen LogP contribution in [0.15, 0.2) is 0 Å². The Kier molecular flexibility index (Phi) is 3.65. The summed E-state index contributed by atoms with van der Waals surface area (Å²) in [5.74, 6) is 0. The number of hydrogen-bond donors (Lipinski definition) is 1. The minimum absolute atomic E-state index is 0.368. The molecule has 2 N–H and O–H groups in total. The smallest absolute Gasteiger partial charge is 0.0223 e. The molecule has 2 aliphatic heterocycles. The summed E-state index contributed by atoms with van der Waals surface area (Å²) >= 11 is 0. The molecule has 2 bridgehead atoms. The van der Waals surface area contributed by atoms with Crippen LogP contribution in [0.2, 0.25) is 0 Å². The summed E-state index contributed by atoms with van der Waals surface area (Å²) in [5.41, 5.74) is 6.03. The first-order valence-electron chi connectivity index (χ1n) is 6.40. The minimum Gasteiger partial charge on any atom is -0.327 e. The van der Waals surface area contributed by atoms with E-state index in [4.69, 9.17) is 5.73 Å². The monoisotopic (exact) mass is 211 g/mol. The Hall–Kier alpha value is -0.120. The van der Waals surface area contributed by atoms with E-state index in [9.17, 15) is 0 Å². The summed E-state index contributed by atoms with van der Waals surface area (Å²) < 4.78 is 0. The van der Waals surface area contributed by atoms with Crippen molar-refractivity contribution in [1.82, 2.24) is 9.80 Å². The van der Waals surface area contributed by atoms with Crippen LogP contribution in [-0.4, -0.2) is 54.6 Å². The zero-order chi connectivity index (χ0) is 10.8. The molecule has 2 heterocycles. The van der Waals surface area contributed by atoms with Gasteiger partial charge in [0.15, 0.2) is 0 Å². The highest BCUT2D eigenvalue weighted by molar-refractivity contribution is 4.91. The van der Waals surface area contributed by atoms with Gasteiger partial charge in [-0.15, -0.1) is 0 Å². The second-order valence-electron chi connectivity index (χ2n) is 5.27. The summed E-state index contributed by atoms with van der Waals surface area (Å²) in [5, 5.41) is 0. The highest BCUT2D eigenvalue weighted by Crippen LogP contribution is 2.28. The molecule has 2 aliphatic rings. The predicted octanol–water partition coefficient (Wildman–Crippen LogP) is 0.892. The Labute approximate surface area is 93.6 Å². The van der Waals surface area contributed by atoms with Crippen molar-refractivity contribution in [2.45, 2.75) is 50.7 Å². The average molecular weight is 211 g/mol. The normalized spacial score (nSPS) is 35.4. The fourth-order valence-electron chi connectivity index (χ4n) is 3.01. The summed E-state index contributed by atoms with van der Waals surface area (Å²) in [6, 6.07) is 2.01. The summed E-state index contributed by atoms with van der Waals surface area (Å²) in [6.45, 7) is 5.76. The van der Waals surface area contributed by atoms with Crippen molar-refractivity contribution >= 4 is 0 Å². The SMILES string of the molecule is CCC(N)CN1CCC2CCC(C1)N2C. The van der Waals surface area contributed by atoms with Gasteiger partial charge in [0.25, 0.3) is 0 Å². The van der Waals surface area contributed by atoms with Crippen LogP contribution in [-0.2, 0) is 0 Å². The molecule has 2 fully saturated rings. The molecule has 3 atom stereocenters. The van der Waals surface area contributed by atoms with Gasteiger partial charge in [-0.2, -0.15) is 0 Å². The van der Waals surface area contributed by atoms with E-state index in [2.05, 4.69) is 23.8 Å². The molecule has 2 rings (SSSR count). The molecule has 3 nitrogen and oxygen atoms in total.